The van der Waals surface area contributed by atoms with Gasteiger partial charge in [0.15, 0.2) is 0 Å². The summed E-state index contributed by atoms with van der Waals surface area (Å²) in [5, 5.41) is 3.18. The first-order valence-electron chi connectivity index (χ1n) is 10.2. The lowest BCUT2D eigenvalue weighted by Gasteiger charge is -2.15. The molecule has 5 heteroatoms. The molecule has 1 heterocycles. The molecule has 0 fully saturated rings. The second-order valence-electron chi connectivity index (χ2n) is 7.41. The first kappa shape index (κ1) is 20.4. The molecular formula is C26H24N2O3. The van der Waals surface area contributed by atoms with Crippen molar-refractivity contribution in [3.63, 3.8) is 0 Å². The molecule has 0 atom stereocenters. The molecule has 31 heavy (non-hydrogen) atoms. The van der Waals surface area contributed by atoms with Gasteiger partial charge in [-0.3, -0.25) is 9.59 Å². The summed E-state index contributed by atoms with van der Waals surface area (Å²) in [7, 11) is 0. The topological polar surface area (TPSA) is 58.6 Å². The fraction of sp³-hybridized carbons (Fsp3) is 0.154. The molecule has 2 amide bonds. The van der Waals surface area contributed by atoms with E-state index in [2.05, 4.69) is 5.32 Å². The monoisotopic (exact) mass is 412 g/mol. The Bertz CT molecular complexity index is 1170. The van der Waals surface area contributed by atoms with Crippen molar-refractivity contribution < 1.29 is 14.3 Å². The fourth-order valence-electron chi connectivity index (χ4n) is 3.57. The zero-order chi connectivity index (χ0) is 22.0. The number of hydrogen-bond donors (Lipinski definition) is 1. The van der Waals surface area contributed by atoms with Crippen molar-refractivity contribution in [2.75, 3.05) is 16.8 Å². The molecule has 0 saturated heterocycles. The van der Waals surface area contributed by atoms with Crippen molar-refractivity contribution in [3.8, 4) is 5.75 Å². The van der Waals surface area contributed by atoms with Gasteiger partial charge < -0.3 is 10.1 Å². The van der Waals surface area contributed by atoms with Gasteiger partial charge in [-0.2, -0.15) is 0 Å². The zero-order valence-electron chi connectivity index (χ0n) is 17.8. The van der Waals surface area contributed by atoms with E-state index in [4.69, 9.17) is 4.74 Å². The van der Waals surface area contributed by atoms with Crippen molar-refractivity contribution >= 4 is 28.8 Å². The summed E-state index contributed by atoms with van der Waals surface area (Å²) in [4.78, 5) is 28.0. The van der Waals surface area contributed by atoms with Gasteiger partial charge in [0, 0.05) is 5.69 Å². The molecule has 1 N–H and O–H groups in total. The first-order valence-corrected chi connectivity index (χ1v) is 10.2. The Morgan fingerprint density at radius 1 is 0.839 bits per heavy atom. The average Bonchev–Trinajstić information content (AvgIpc) is 3.02. The molecule has 0 spiro atoms. The highest BCUT2D eigenvalue weighted by molar-refractivity contribution is 6.46. The Balaban J connectivity index is 1.78. The summed E-state index contributed by atoms with van der Waals surface area (Å²) in [5.74, 6) is 0.0300. The number of carbonyl (C=O) groups excluding carboxylic acids is 2. The van der Waals surface area contributed by atoms with E-state index < -0.39 is 0 Å². The number of amides is 2. The lowest BCUT2D eigenvalue weighted by Crippen LogP contribution is -2.32. The van der Waals surface area contributed by atoms with Gasteiger partial charge in [0.25, 0.3) is 11.8 Å². The van der Waals surface area contributed by atoms with E-state index in [0.29, 0.717) is 29.1 Å². The van der Waals surface area contributed by atoms with Crippen molar-refractivity contribution in [2.45, 2.75) is 20.8 Å². The van der Waals surface area contributed by atoms with Crippen LogP contribution < -0.4 is 15.0 Å². The summed E-state index contributed by atoms with van der Waals surface area (Å²) < 4.78 is 5.49. The summed E-state index contributed by atoms with van der Waals surface area (Å²) in [6, 6.07) is 22.1. The number of ether oxygens (including phenoxy) is 1. The van der Waals surface area contributed by atoms with E-state index >= 15 is 0 Å². The number of para-hydroxylation sites is 1. The van der Waals surface area contributed by atoms with E-state index in [9.17, 15) is 9.59 Å². The van der Waals surface area contributed by atoms with Crippen LogP contribution in [0.5, 0.6) is 5.75 Å². The van der Waals surface area contributed by atoms with Gasteiger partial charge in [-0.05, 0) is 73.9 Å². The molecule has 0 saturated carbocycles. The van der Waals surface area contributed by atoms with Crippen LogP contribution in [0.3, 0.4) is 0 Å². The summed E-state index contributed by atoms with van der Waals surface area (Å²) in [5.41, 5.74) is 4.78. The summed E-state index contributed by atoms with van der Waals surface area (Å²) >= 11 is 0. The van der Waals surface area contributed by atoms with Crippen LogP contribution in [0.1, 0.15) is 23.6 Å². The van der Waals surface area contributed by atoms with Crippen LogP contribution in [0.2, 0.25) is 0 Å². The molecular weight excluding hydrogens is 388 g/mol. The van der Waals surface area contributed by atoms with Crippen LogP contribution in [-0.4, -0.2) is 18.4 Å². The van der Waals surface area contributed by atoms with Gasteiger partial charge in [0.05, 0.1) is 17.9 Å². The quantitative estimate of drug-likeness (QED) is 0.573. The van der Waals surface area contributed by atoms with E-state index in [1.165, 1.54) is 4.90 Å². The van der Waals surface area contributed by atoms with E-state index in [1.54, 1.807) is 12.1 Å². The van der Waals surface area contributed by atoms with Crippen LogP contribution in [0.4, 0.5) is 11.4 Å². The van der Waals surface area contributed by atoms with E-state index in [0.717, 1.165) is 16.9 Å². The predicted molar refractivity (Wildman–Crippen MR) is 123 cm³/mol. The van der Waals surface area contributed by atoms with Gasteiger partial charge in [-0.1, -0.05) is 36.4 Å². The highest BCUT2D eigenvalue weighted by Crippen LogP contribution is 2.34. The van der Waals surface area contributed by atoms with Crippen LogP contribution in [0, 0.1) is 13.8 Å². The highest BCUT2D eigenvalue weighted by Gasteiger charge is 2.40. The minimum atomic E-state index is -0.377. The molecule has 0 bridgehead atoms. The van der Waals surface area contributed by atoms with Gasteiger partial charge in [0.2, 0.25) is 0 Å². The zero-order valence-corrected chi connectivity index (χ0v) is 17.8. The number of aryl methyl sites for hydroxylation is 2. The number of benzene rings is 3. The minimum Gasteiger partial charge on any atom is -0.494 e. The molecule has 156 valence electrons. The molecule has 5 nitrogen and oxygen atoms in total. The van der Waals surface area contributed by atoms with E-state index in [-0.39, 0.29) is 17.5 Å². The second kappa shape index (κ2) is 8.48. The first-order chi connectivity index (χ1) is 15.0. The smallest absolute Gasteiger partial charge is 0.282 e. The number of carbonyl (C=O) groups is 2. The normalized spacial score (nSPS) is 13.7. The minimum absolute atomic E-state index is 0.265. The number of nitrogens with one attached hydrogen (secondary N) is 1. The Kier molecular flexibility index (Phi) is 5.58. The van der Waals surface area contributed by atoms with Gasteiger partial charge in [-0.25, -0.2) is 4.90 Å². The lowest BCUT2D eigenvalue weighted by atomic mass is 9.99. The highest BCUT2D eigenvalue weighted by atomic mass is 16.5. The average molecular weight is 412 g/mol. The SMILES string of the molecule is CCOc1ccc(NC2=C(c3ccc(C)c(C)c3)C(=O)N(c3ccccc3)C2=O)cc1. The maximum absolute atomic E-state index is 13.4. The van der Waals surface area contributed by atoms with Crippen molar-refractivity contribution in [1.29, 1.82) is 0 Å². The molecule has 1 aliphatic rings. The summed E-state index contributed by atoms with van der Waals surface area (Å²) in [6.07, 6.45) is 0. The van der Waals surface area contributed by atoms with Crippen molar-refractivity contribution in [3.05, 3.63) is 95.2 Å². The van der Waals surface area contributed by atoms with Crippen LogP contribution in [0.25, 0.3) is 5.57 Å². The number of imide groups is 1. The second-order valence-corrected chi connectivity index (χ2v) is 7.41. The number of anilines is 2. The molecule has 0 unspecified atom stereocenters. The largest absolute Gasteiger partial charge is 0.494 e. The van der Waals surface area contributed by atoms with Crippen LogP contribution in [-0.2, 0) is 9.59 Å². The van der Waals surface area contributed by atoms with Crippen LogP contribution in [0.15, 0.2) is 78.5 Å². The molecule has 0 radical (unpaired) electrons. The Morgan fingerprint density at radius 2 is 1.55 bits per heavy atom. The lowest BCUT2D eigenvalue weighted by molar-refractivity contribution is -0.120. The van der Waals surface area contributed by atoms with Crippen molar-refractivity contribution in [1.82, 2.24) is 0 Å². The molecule has 1 aliphatic heterocycles. The third-order valence-corrected chi connectivity index (χ3v) is 5.33. The summed E-state index contributed by atoms with van der Waals surface area (Å²) in [6.45, 7) is 6.52. The predicted octanol–water partition coefficient (Wildman–Crippen LogP) is 5.10. The van der Waals surface area contributed by atoms with Gasteiger partial charge in [0.1, 0.15) is 11.4 Å². The number of nitrogens with zero attached hydrogens (tertiary/aromatic N) is 1. The van der Waals surface area contributed by atoms with Gasteiger partial charge in [-0.15, -0.1) is 0 Å². The van der Waals surface area contributed by atoms with Gasteiger partial charge >= 0.3 is 0 Å². The van der Waals surface area contributed by atoms with Crippen LogP contribution >= 0.6 is 0 Å². The maximum Gasteiger partial charge on any atom is 0.282 e. The maximum atomic E-state index is 13.4. The van der Waals surface area contributed by atoms with E-state index in [1.807, 2.05) is 81.4 Å². The third-order valence-electron chi connectivity index (χ3n) is 5.33. The number of hydrogen-bond acceptors (Lipinski definition) is 4. The Labute approximate surface area is 182 Å². The molecule has 3 aromatic carbocycles. The van der Waals surface area contributed by atoms with Crippen molar-refractivity contribution in [2.24, 2.45) is 0 Å². The third kappa shape index (κ3) is 3.94. The Morgan fingerprint density at radius 3 is 2.19 bits per heavy atom. The molecule has 3 aromatic rings. The Hall–Kier alpha value is -3.86. The fourth-order valence-corrected chi connectivity index (χ4v) is 3.57. The molecule has 0 aromatic heterocycles. The molecule has 4 rings (SSSR count). The standard InChI is InChI=1S/C26H24N2O3/c1-4-31-22-14-12-20(13-15-22)27-24-23(19-11-10-17(2)18(3)16-19)25(29)28(26(24)30)21-8-6-5-7-9-21/h5-16,27H,4H2,1-3H3. The molecule has 0 aliphatic carbocycles. The number of rotatable bonds is 6.